The fourth-order valence-corrected chi connectivity index (χ4v) is 6.66. The Labute approximate surface area is 219 Å². The van der Waals surface area contributed by atoms with E-state index >= 15 is 0 Å². The zero-order valence-electron chi connectivity index (χ0n) is 18.4. The van der Waals surface area contributed by atoms with Crippen LogP contribution >= 0.6 is 35.1 Å². The standard InChI is InChI=1S/C15H16N10O8S4/c1-33-20-6(9-18-14(16)36-21-9)10(26)17-7-11(27)25-8(13(28)29)5(2-34-12(7)25)3-35-15-19-22-23-24(15)4-37(30,31)32/h7,12H,2-4H2,1H3,(H,17,26)(H,28,29)(H2,16,18,21)(H,30,31,32)/t7?,12-/m0/s1. The highest BCUT2D eigenvalue weighted by Gasteiger charge is 2.54. The summed E-state index contributed by atoms with van der Waals surface area (Å²) in [6, 6.07) is -1.05. The number of aromatic nitrogens is 6. The Balaban J connectivity index is 1.48. The number of hydrogen-bond acceptors (Lipinski definition) is 16. The lowest BCUT2D eigenvalue weighted by molar-refractivity contribution is -0.150. The summed E-state index contributed by atoms with van der Waals surface area (Å²) in [5, 5.41) is 25.8. The Kier molecular flexibility index (Phi) is 7.63. The maximum atomic E-state index is 12.9. The van der Waals surface area contributed by atoms with Gasteiger partial charge in [-0.2, -0.15) is 17.8 Å². The molecule has 0 aliphatic carbocycles. The molecule has 4 rings (SSSR count). The molecule has 0 bridgehead atoms. The van der Waals surface area contributed by atoms with Crippen molar-refractivity contribution in [3.8, 4) is 0 Å². The molecule has 2 atom stereocenters. The molecule has 2 aliphatic rings. The van der Waals surface area contributed by atoms with E-state index < -0.39 is 45.2 Å². The minimum atomic E-state index is -4.41. The molecule has 2 aliphatic heterocycles. The van der Waals surface area contributed by atoms with Crippen molar-refractivity contribution in [1.82, 2.24) is 39.8 Å². The number of fused-ring (bicyclic) bond motifs is 1. The molecule has 1 saturated heterocycles. The summed E-state index contributed by atoms with van der Waals surface area (Å²) >= 11 is 2.98. The lowest BCUT2D eigenvalue weighted by Crippen LogP contribution is -2.71. The second-order valence-corrected chi connectivity index (χ2v) is 11.4. The van der Waals surface area contributed by atoms with Crippen LogP contribution in [-0.2, 0) is 35.2 Å². The molecule has 4 heterocycles. The summed E-state index contributed by atoms with van der Waals surface area (Å²) in [5.41, 5.74) is 5.33. The van der Waals surface area contributed by atoms with Crippen LogP contribution in [0.5, 0.6) is 0 Å². The number of carbonyl (C=O) groups excluding carboxylic acids is 2. The number of nitrogens with zero attached hydrogens (tertiary/aromatic N) is 8. The minimum Gasteiger partial charge on any atom is -0.477 e. The molecule has 5 N–H and O–H groups in total. The number of thioether (sulfide) groups is 2. The average molecular weight is 593 g/mol. The van der Waals surface area contributed by atoms with Gasteiger partial charge in [0.15, 0.2) is 11.0 Å². The SMILES string of the molecule is CON=C(C(=O)NC1C(=O)N2C(C(=O)O)=C(CSc3nnnn3CS(=O)(=O)O)CS[C@@H]12)c1nsc(N)n1. The van der Waals surface area contributed by atoms with E-state index in [9.17, 15) is 27.9 Å². The largest absolute Gasteiger partial charge is 0.477 e. The summed E-state index contributed by atoms with van der Waals surface area (Å²) in [5.74, 6) is -3.62. The molecule has 22 heteroatoms. The monoisotopic (exact) mass is 592 g/mol. The molecule has 2 aromatic heterocycles. The Morgan fingerprint density at radius 1 is 1.41 bits per heavy atom. The van der Waals surface area contributed by atoms with E-state index in [0.717, 1.165) is 32.9 Å². The molecule has 198 valence electrons. The Bertz CT molecular complexity index is 1420. The van der Waals surface area contributed by atoms with Crippen LogP contribution in [0.2, 0.25) is 0 Å². The summed E-state index contributed by atoms with van der Waals surface area (Å²) in [6.45, 7) is 0. The molecule has 2 aromatic rings. The molecule has 18 nitrogen and oxygen atoms in total. The molecule has 0 aromatic carbocycles. The number of aliphatic carboxylic acids is 1. The van der Waals surface area contributed by atoms with Gasteiger partial charge in [-0.05, 0) is 16.0 Å². The molecular formula is C15H16N10O8S4. The third-order valence-corrected chi connectivity index (χ3v) is 8.24. The van der Waals surface area contributed by atoms with E-state index in [2.05, 4.69) is 40.2 Å². The van der Waals surface area contributed by atoms with Gasteiger partial charge in [-0.1, -0.05) is 16.9 Å². The fourth-order valence-electron chi connectivity index (χ4n) is 3.30. The first kappa shape index (κ1) is 26.7. The number of nitrogens with two attached hydrogens (primary N) is 1. The van der Waals surface area contributed by atoms with Gasteiger partial charge in [-0.3, -0.25) is 19.0 Å². The predicted molar refractivity (Wildman–Crippen MR) is 128 cm³/mol. The van der Waals surface area contributed by atoms with Crippen LogP contribution in [0.4, 0.5) is 5.13 Å². The molecule has 0 spiro atoms. The number of rotatable bonds is 10. The molecule has 0 radical (unpaired) electrons. The molecule has 1 fully saturated rings. The Hall–Kier alpha value is -3.34. The first-order valence-electron chi connectivity index (χ1n) is 9.76. The highest BCUT2D eigenvalue weighted by Crippen LogP contribution is 2.41. The summed E-state index contributed by atoms with van der Waals surface area (Å²) in [6.07, 6.45) is 0. The van der Waals surface area contributed by atoms with Crippen LogP contribution in [0.25, 0.3) is 0 Å². The zero-order chi connectivity index (χ0) is 26.9. The normalized spacial score (nSPS) is 19.9. The van der Waals surface area contributed by atoms with Crippen LogP contribution in [0, 0.1) is 0 Å². The number of carboxylic acids is 1. The van der Waals surface area contributed by atoms with Crippen molar-refractivity contribution in [2.45, 2.75) is 22.4 Å². The van der Waals surface area contributed by atoms with Gasteiger partial charge in [-0.15, -0.1) is 16.9 Å². The van der Waals surface area contributed by atoms with Crippen molar-refractivity contribution in [2.75, 3.05) is 24.3 Å². The van der Waals surface area contributed by atoms with Gasteiger partial charge in [-0.25, -0.2) is 9.48 Å². The van der Waals surface area contributed by atoms with Gasteiger partial charge >= 0.3 is 5.97 Å². The highest BCUT2D eigenvalue weighted by atomic mass is 32.2. The van der Waals surface area contributed by atoms with E-state index in [1.807, 2.05) is 0 Å². The topological polar surface area (TPSA) is 258 Å². The second kappa shape index (κ2) is 10.6. The molecule has 37 heavy (non-hydrogen) atoms. The maximum Gasteiger partial charge on any atom is 0.352 e. The third-order valence-electron chi connectivity index (χ3n) is 4.75. The number of tetrazole rings is 1. The predicted octanol–water partition coefficient (Wildman–Crippen LogP) is -2.17. The van der Waals surface area contributed by atoms with Crippen molar-refractivity contribution in [1.29, 1.82) is 0 Å². The summed E-state index contributed by atoms with van der Waals surface area (Å²) in [4.78, 5) is 47.3. The first-order chi connectivity index (χ1) is 17.5. The average Bonchev–Trinajstić information content (AvgIpc) is 3.45. The van der Waals surface area contributed by atoms with Gasteiger partial charge in [0.1, 0.15) is 24.2 Å². The number of nitrogens with one attached hydrogen (secondary N) is 1. The molecule has 2 amide bonds. The van der Waals surface area contributed by atoms with Crippen molar-refractivity contribution in [2.24, 2.45) is 5.16 Å². The van der Waals surface area contributed by atoms with Crippen LogP contribution < -0.4 is 11.1 Å². The van der Waals surface area contributed by atoms with Crippen molar-refractivity contribution < 1.29 is 37.3 Å². The number of anilines is 1. The summed E-state index contributed by atoms with van der Waals surface area (Å²) < 4.78 is 36.0. The maximum absolute atomic E-state index is 12.9. The zero-order valence-corrected chi connectivity index (χ0v) is 21.7. The molecular weight excluding hydrogens is 576 g/mol. The van der Waals surface area contributed by atoms with E-state index in [0.29, 0.717) is 5.57 Å². The fraction of sp³-hybridized carbons (Fsp3) is 0.400. The van der Waals surface area contributed by atoms with Crippen molar-refractivity contribution in [3.63, 3.8) is 0 Å². The smallest absolute Gasteiger partial charge is 0.352 e. The van der Waals surface area contributed by atoms with Crippen molar-refractivity contribution in [3.05, 3.63) is 17.1 Å². The molecule has 1 unspecified atom stereocenters. The van der Waals surface area contributed by atoms with Gasteiger partial charge < -0.3 is 21.0 Å². The third kappa shape index (κ3) is 5.66. The van der Waals surface area contributed by atoms with E-state index in [-0.39, 0.29) is 39.0 Å². The highest BCUT2D eigenvalue weighted by molar-refractivity contribution is 8.01. The van der Waals surface area contributed by atoms with E-state index in [4.69, 9.17) is 10.3 Å². The van der Waals surface area contributed by atoms with Crippen LogP contribution in [0.15, 0.2) is 21.6 Å². The van der Waals surface area contributed by atoms with Gasteiger partial charge in [0.25, 0.3) is 21.9 Å². The number of hydrogen-bond donors (Lipinski definition) is 4. The van der Waals surface area contributed by atoms with Crippen LogP contribution in [-0.4, -0.2) is 106 Å². The van der Waals surface area contributed by atoms with E-state index in [1.165, 1.54) is 18.9 Å². The Morgan fingerprint density at radius 2 is 2.16 bits per heavy atom. The minimum absolute atomic E-state index is 0.00949. The first-order valence-corrected chi connectivity index (χ1v) is 14.2. The lowest BCUT2D eigenvalue weighted by Gasteiger charge is -2.49. The Morgan fingerprint density at radius 3 is 2.78 bits per heavy atom. The number of β-lactam (4-membered cyclic amide) rings is 1. The number of oxime groups is 1. The number of nitrogen functional groups attached to an aromatic ring is 1. The van der Waals surface area contributed by atoms with Gasteiger partial charge in [0.05, 0.1) is 0 Å². The quantitative estimate of drug-likeness (QED) is 0.0752. The number of amides is 2. The number of carbonyl (C=O) groups is 3. The van der Waals surface area contributed by atoms with E-state index in [1.54, 1.807) is 0 Å². The second-order valence-electron chi connectivity index (χ2n) is 7.16. The summed E-state index contributed by atoms with van der Waals surface area (Å²) in [7, 11) is -3.20. The van der Waals surface area contributed by atoms with Crippen molar-refractivity contribution >= 4 is 73.8 Å². The van der Waals surface area contributed by atoms with Gasteiger partial charge in [0.2, 0.25) is 16.7 Å². The van der Waals surface area contributed by atoms with Crippen LogP contribution in [0.3, 0.4) is 0 Å². The van der Waals surface area contributed by atoms with Crippen LogP contribution in [0.1, 0.15) is 5.82 Å². The molecule has 0 saturated carbocycles. The van der Waals surface area contributed by atoms with Gasteiger partial charge in [0, 0.05) is 23.0 Å². The number of carboxylic acid groups (broad SMARTS) is 1. The lowest BCUT2D eigenvalue weighted by atomic mass is 10.0.